The molecular weight excluding hydrogens is 390 g/mol. The van der Waals surface area contributed by atoms with Crippen molar-refractivity contribution in [1.29, 1.82) is 0 Å². The minimum atomic E-state index is -4.31. The van der Waals surface area contributed by atoms with Crippen molar-refractivity contribution in [3.63, 3.8) is 0 Å². The summed E-state index contributed by atoms with van der Waals surface area (Å²) in [5.74, 6) is 0.667. The van der Waals surface area contributed by atoms with Crippen molar-refractivity contribution in [2.75, 3.05) is 0 Å². The Labute approximate surface area is 179 Å². The van der Waals surface area contributed by atoms with E-state index in [1.165, 1.54) is 12.1 Å². The van der Waals surface area contributed by atoms with Gasteiger partial charge in [-0.15, -0.1) is 0 Å². The van der Waals surface area contributed by atoms with Crippen molar-refractivity contribution in [3.05, 3.63) is 35.4 Å². The molecule has 2 fully saturated rings. The first-order valence-electron chi connectivity index (χ1n) is 11.8. The highest BCUT2D eigenvalue weighted by atomic mass is 19.4. The van der Waals surface area contributed by atoms with Crippen LogP contribution >= 0.6 is 0 Å². The van der Waals surface area contributed by atoms with Crippen molar-refractivity contribution in [3.8, 4) is 0 Å². The zero-order chi connectivity index (χ0) is 21.8. The lowest BCUT2D eigenvalue weighted by atomic mass is 9.77. The van der Waals surface area contributed by atoms with Gasteiger partial charge in [0.05, 0.1) is 5.56 Å². The highest BCUT2D eigenvalue weighted by molar-refractivity contribution is 5.28. The van der Waals surface area contributed by atoms with Gasteiger partial charge in [0.25, 0.3) is 0 Å². The van der Waals surface area contributed by atoms with Crippen LogP contribution in [0.1, 0.15) is 102 Å². The number of hydrogen-bond acceptors (Lipinski definition) is 1. The van der Waals surface area contributed by atoms with Crippen LogP contribution < -0.4 is 5.32 Å². The Morgan fingerprint density at radius 1 is 0.967 bits per heavy atom. The van der Waals surface area contributed by atoms with Gasteiger partial charge in [0, 0.05) is 12.1 Å². The molecule has 2 saturated carbocycles. The number of nitrogens with one attached hydrogen (secondary N) is 1. The van der Waals surface area contributed by atoms with Gasteiger partial charge in [-0.2, -0.15) is 13.2 Å². The lowest BCUT2D eigenvalue weighted by Crippen LogP contribution is -2.47. The molecule has 30 heavy (non-hydrogen) atoms. The van der Waals surface area contributed by atoms with E-state index in [0.717, 1.165) is 56.9 Å². The molecule has 170 valence electrons. The van der Waals surface area contributed by atoms with E-state index >= 15 is 4.39 Å². The Balaban J connectivity index is 1.72. The van der Waals surface area contributed by atoms with Crippen LogP contribution in [0, 0.1) is 5.92 Å². The van der Waals surface area contributed by atoms with E-state index in [4.69, 9.17) is 0 Å². The highest BCUT2D eigenvalue weighted by Crippen LogP contribution is 2.39. The summed E-state index contributed by atoms with van der Waals surface area (Å²) in [5, 5.41) is 3.79. The minimum Gasteiger partial charge on any atom is -0.310 e. The summed E-state index contributed by atoms with van der Waals surface area (Å²) in [4.78, 5) is 0. The maximum absolute atomic E-state index is 15.5. The average molecular weight is 428 g/mol. The summed E-state index contributed by atoms with van der Waals surface area (Å²) in [6, 6.07) is 6.00. The van der Waals surface area contributed by atoms with E-state index in [1.807, 2.05) is 0 Å². The van der Waals surface area contributed by atoms with Crippen molar-refractivity contribution >= 4 is 0 Å². The number of hydrogen-bond donors (Lipinski definition) is 1. The third-order valence-corrected chi connectivity index (χ3v) is 7.00. The normalized spacial score (nSPS) is 26.0. The zero-order valence-electron chi connectivity index (χ0n) is 18.4. The van der Waals surface area contributed by atoms with E-state index in [-0.39, 0.29) is 18.0 Å². The largest absolute Gasteiger partial charge is 0.416 e. The van der Waals surface area contributed by atoms with Gasteiger partial charge in [-0.3, -0.25) is 0 Å². The van der Waals surface area contributed by atoms with Gasteiger partial charge in [0.1, 0.15) is 5.67 Å². The van der Waals surface area contributed by atoms with E-state index in [1.54, 1.807) is 12.1 Å². The van der Waals surface area contributed by atoms with Crippen LogP contribution in [-0.4, -0.2) is 17.8 Å². The Kier molecular flexibility index (Phi) is 7.86. The molecule has 0 aliphatic heterocycles. The third kappa shape index (κ3) is 6.45. The van der Waals surface area contributed by atoms with Gasteiger partial charge in [0.15, 0.2) is 0 Å². The van der Waals surface area contributed by atoms with E-state index in [9.17, 15) is 13.2 Å². The molecular formula is C25H37F4N. The molecule has 0 aromatic heterocycles. The van der Waals surface area contributed by atoms with Gasteiger partial charge in [0.2, 0.25) is 0 Å². The van der Waals surface area contributed by atoms with E-state index in [0.29, 0.717) is 25.2 Å². The lowest BCUT2D eigenvalue weighted by Gasteiger charge is -2.39. The fourth-order valence-electron chi connectivity index (χ4n) is 5.56. The summed E-state index contributed by atoms with van der Waals surface area (Å²) in [6.07, 6.45) is 5.77. The van der Waals surface area contributed by atoms with Crippen LogP contribution in [0.3, 0.4) is 0 Å². The quantitative estimate of drug-likeness (QED) is 0.438. The van der Waals surface area contributed by atoms with Crippen LogP contribution in [0.2, 0.25) is 0 Å². The molecule has 0 saturated heterocycles. The average Bonchev–Trinajstić information content (AvgIpc) is 2.67. The predicted octanol–water partition coefficient (Wildman–Crippen LogP) is 7.80. The SMILES string of the molecule is CC(C)C[C@H](CC1(F)CCCCC1)N[C@@H]1CCCC[C@H]1c1ccc(C(F)(F)F)cc1. The summed E-state index contributed by atoms with van der Waals surface area (Å²) in [5.41, 5.74) is -0.694. The Hall–Kier alpha value is -1.10. The first-order valence-corrected chi connectivity index (χ1v) is 11.8. The summed E-state index contributed by atoms with van der Waals surface area (Å²) < 4.78 is 54.3. The maximum atomic E-state index is 15.5. The lowest BCUT2D eigenvalue weighted by molar-refractivity contribution is -0.137. The number of halogens is 4. The van der Waals surface area contributed by atoms with Crippen LogP contribution in [-0.2, 0) is 6.18 Å². The van der Waals surface area contributed by atoms with E-state index in [2.05, 4.69) is 19.2 Å². The predicted molar refractivity (Wildman–Crippen MR) is 114 cm³/mol. The molecule has 1 N–H and O–H groups in total. The second-order valence-corrected chi connectivity index (χ2v) is 10.0. The fourth-order valence-corrected chi connectivity index (χ4v) is 5.56. The first-order chi connectivity index (χ1) is 14.2. The fraction of sp³-hybridized carbons (Fsp3) is 0.760. The zero-order valence-corrected chi connectivity index (χ0v) is 18.4. The van der Waals surface area contributed by atoms with Crippen LogP contribution in [0.5, 0.6) is 0 Å². The summed E-state index contributed by atoms with van der Waals surface area (Å²) >= 11 is 0. The topological polar surface area (TPSA) is 12.0 Å². The third-order valence-electron chi connectivity index (χ3n) is 7.00. The summed E-state index contributed by atoms with van der Waals surface area (Å²) in [6.45, 7) is 4.35. The molecule has 1 aromatic rings. The van der Waals surface area contributed by atoms with Gasteiger partial charge in [-0.05, 0) is 68.1 Å². The first kappa shape index (κ1) is 23.6. The number of rotatable bonds is 7. The molecule has 0 bridgehead atoms. The van der Waals surface area contributed by atoms with Gasteiger partial charge in [-0.1, -0.05) is 58.1 Å². The van der Waals surface area contributed by atoms with Crippen LogP contribution in [0.4, 0.5) is 17.6 Å². The van der Waals surface area contributed by atoms with Gasteiger partial charge in [-0.25, -0.2) is 4.39 Å². The Morgan fingerprint density at radius 3 is 2.20 bits per heavy atom. The molecule has 0 unspecified atom stereocenters. The number of alkyl halides is 4. The molecule has 3 atom stereocenters. The molecule has 0 spiro atoms. The maximum Gasteiger partial charge on any atom is 0.416 e. The van der Waals surface area contributed by atoms with Crippen LogP contribution in [0.15, 0.2) is 24.3 Å². The second kappa shape index (κ2) is 10.0. The smallest absolute Gasteiger partial charge is 0.310 e. The van der Waals surface area contributed by atoms with Crippen molar-refractivity contribution < 1.29 is 17.6 Å². The van der Waals surface area contributed by atoms with E-state index < -0.39 is 17.4 Å². The van der Waals surface area contributed by atoms with Crippen molar-refractivity contribution in [1.82, 2.24) is 5.32 Å². The molecule has 1 aromatic carbocycles. The monoisotopic (exact) mass is 427 g/mol. The molecule has 3 rings (SSSR count). The Bertz CT molecular complexity index is 646. The molecule has 0 heterocycles. The van der Waals surface area contributed by atoms with Crippen LogP contribution in [0.25, 0.3) is 0 Å². The molecule has 2 aliphatic rings. The molecule has 5 heteroatoms. The molecule has 0 radical (unpaired) electrons. The van der Waals surface area contributed by atoms with Crippen molar-refractivity contribution in [2.45, 2.75) is 114 Å². The van der Waals surface area contributed by atoms with Gasteiger partial charge < -0.3 is 5.32 Å². The molecule has 1 nitrogen and oxygen atoms in total. The van der Waals surface area contributed by atoms with Crippen molar-refractivity contribution in [2.24, 2.45) is 5.92 Å². The highest BCUT2D eigenvalue weighted by Gasteiger charge is 2.37. The Morgan fingerprint density at radius 2 is 1.60 bits per heavy atom. The molecule has 0 amide bonds. The summed E-state index contributed by atoms with van der Waals surface area (Å²) in [7, 11) is 0. The van der Waals surface area contributed by atoms with Gasteiger partial charge >= 0.3 is 6.18 Å². The second-order valence-electron chi connectivity index (χ2n) is 10.0. The molecule has 2 aliphatic carbocycles. The minimum absolute atomic E-state index is 0.119. The standard InChI is InChI=1S/C25H37F4N/c1-18(2)16-21(17-24(26)14-6-3-7-15-24)30-23-9-5-4-8-22(23)19-10-12-20(13-11-19)25(27,28)29/h10-13,18,21-23,30H,3-9,14-17H2,1-2H3/t21-,22+,23-/m1/s1. The number of benzene rings is 1.